The van der Waals surface area contributed by atoms with Gasteiger partial charge in [0.15, 0.2) is 11.5 Å². The van der Waals surface area contributed by atoms with Crippen LogP contribution in [0.3, 0.4) is 0 Å². The van der Waals surface area contributed by atoms with Gasteiger partial charge in [0, 0.05) is 11.4 Å². The molecule has 0 aliphatic carbocycles. The number of methoxy groups -OCH3 is 3. The smallest absolute Gasteiger partial charge is 0.271 e. The predicted octanol–water partition coefficient (Wildman–Crippen LogP) is 3.47. The number of rotatable bonds is 8. The highest BCUT2D eigenvalue weighted by atomic mass is 32.1. The van der Waals surface area contributed by atoms with Crippen molar-refractivity contribution in [3.05, 3.63) is 70.8 Å². The molecule has 0 fully saturated rings. The molecule has 0 aliphatic rings. The molecule has 4 rings (SSSR count). The van der Waals surface area contributed by atoms with Crippen molar-refractivity contribution in [3.8, 4) is 27.7 Å². The summed E-state index contributed by atoms with van der Waals surface area (Å²) in [5.74, 6) is 1.67. The van der Waals surface area contributed by atoms with E-state index in [1.54, 1.807) is 33.5 Å². The van der Waals surface area contributed by atoms with Crippen LogP contribution in [0.4, 0.5) is 0 Å². The first-order valence-electron chi connectivity index (χ1n) is 10.1. The van der Waals surface area contributed by atoms with Crippen LogP contribution < -0.4 is 25.1 Å². The Balaban J connectivity index is 1.47. The van der Waals surface area contributed by atoms with E-state index in [-0.39, 0.29) is 18.0 Å². The molecule has 0 radical (unpaired) electrons. The molecule has 170 valence electrons. The number of benzene rings is 2. The van der Waals surface area contributed by atoms with Crippen LogP contribution in [-0.2, 0) is 17.9 Å². The number of carbonyl (C=O) groups is 1. The molecule has 9 heteroatoms. The van der Waals surface area contributed by atoms with E-state index in [9.17, 15) is 9.59 Å². The molecule has 2 aromatic heterocycles. The number of carbonyl (C=O) groups excluding carboxylic acids is 1. The molecule has 0 bridgehead atoms. The number of nitrogens with one attached hydrogen (secondary N) is 1. The van der Waals surface area contributed by atoms with Crippen molar-refractivity contribution in [1.82, 2.24) is 14.9 Å². The molecule has 1 N–H and O–H groups in total. The Kier molecular flexibility index (Phi) is 6.60. The van der Waals surface area contributed by atoms with Crippen molar-refractivity contribution in [2.45, 2.75) is 13.1 Å². The van der Waals surface area contributed by atoms with Gasteiger partial charge in [-0.2, -0.15) is 0 Å². The molecule has 33 heavy (non-hydrogen) atoms. The maximum absolute atomic E-state index is 12.9. The van der Waals surface area contributed by atoms with Crippen LogP contribution in [0.25, 0.3) is 20.7 Å². The predicted molar refractivity (Wildman–Crippen MR) is 127 cm³/mol. The average Bonchev–Trinajstić information content (AvgIpc) is 3.29. The van der Waals surface area contributed by atoms with Crippen LogP contribution in [-0.4, -0.2) is 36.8 Å². The number of amides is 1. The minimum Gasteiger partial charge on any atom is -0.497 e. The summed E-state index contributed by atoms with van der Waals surface area (Å²) in [6, 6.07) is 14.9. The van der Waals surface area contributed by atoms with Gasteiger partial charge in [-0.25, -0.2) is 4.98 Å². The van der Waals surface area contributed by atoms with Gasteiger partial charge < -0.3 is 19.5 Å². The second-order valence-electron chi connectivity index (χ2n) is 7.20. The Morgan fingerprint density at radius 3 is 2.45 bits per heavy atom. The lowest BCUT2D eigenvalue weighted by molar-refractivity contribution is -0.121. The van der Waals surface area contributed by atoms with E-state index in [2.05, 4.69) is 10.3 Å². The number of aromatic nitrogens is 2. The third kappa shape index (κ3) is 4.83. The monoisotopic (exact) mass is 465 g/mol. The zero-order valence-corrected chi connectivity index (χ0v) is 19.3. The molecule has 0 atom stereocenters. The number of thiophene rings is 1. The van der Waals surface area contributed by atoms with E-state index in [4.69, 9.17) is 14.2 Å². The third-order valence-electron chi connectivity index (χ3n) is 5.13. The second kappa shape index (κ2) is 9.74. The summed E-state index contributed by atoms with van der Waals surface area (Å²) < 4.78 is 17.5. The largest absolute Gasteiger partial charge is 0.497 e. The van der Waals surface area contributed by atoms with Gasteiger partial charge in [-0.15, -0.1) is 11.3 Å². The van der Waals surface area contributed by atoms with Crippen LogP contribution in [0.1, 0.15) is 5.56 Å². The number of nitrogens with zero attached hydrogens (tertiary/aromatic N) is 2. The first-order chi connectivity index (χ1) is 16.0. The Bertz CT molecular complexity index is 1340. The molecule has 0 saturated heterocycles. The van der Waals surface area contributed by atoms with Crippen molar-refractivity contribution in [3.63, 3.8) is 0 Å². The van der Waals surface area contributed by atoms with Crippen LogP contribution in [0.2, 0.25) is 0 Å². The van der Waals surface area contributed by atoms with E-state index in [0.717, 1.165) is 21.8 Å². The summed E-state index contributed by atoms with van der Waals surface area (Å²) in [6.45, 7) is 0.176. The Hall–Kier alpha value is -3.85. The molecule has 4 aromatic rings. The SMILES string of the molecule is COc1ccc(-c2cc3ncn(CC(=O)NCc4ccc(OC)c(OC)c4)c(=O)c3s2)cc1. The van der Waals surface area contributed by atoms with Crippen LogP contribution in [0, 0.1) is 0 Å². The maximum atomic E-state index is 12.9. The zero-order valence-electron chi connectivity index (χ0n) is 18.5. The Morgan fingerprint density at radius 2 is 1.76 bits per heavy atom. The van der Waals surface area contributed by atoms with Gasteiger partial charge in [0.2, 0.25) is 5.91 Å². The molecular weight excluding hydrogens is 442 g/mol. The lowest BCUT2D eigenvalue weighted by Gasteiger charge is -2.11. The first kappa shape index (κ1) is 22.3. The number of hydrogen-bond donors (Lipinski definition) is 1. The Morgan fingerprint density at radius 1 is 1.00 bits per heavy atom. The number of ether oxygens (including phenoxy) is 3. The zero-order chi connectivity index (χ0) is 23.4. The minimum absolute atomic E-state index is 0.120. The van der Waals surface area contributed by atoms with E-state index in [1.165, 1.54) is 22.2 Å². The fourth-order valence-corrected chi connectivity index (χ4v) is 4.42. The van der Waals surface area contributed by atoms with Crippen LogP contribution in [0.5, 0.6) is 17.2 Å². The standard InChI is InChI=1S/C24H23N3O5S/c1-30-17-7-5-16(6-8-17)21-11-18-23(33-21)24(29)27(14-26-18)13-22(28)25-12-15-4-9-19(31-2)20(10-15)32-3/h4-11,14H,12-13H2,1-3H3,(H,25,28). The van der Waals surface area contributed by atoms with Crippen LogP contribution in [0.15, 0.2) is 59.7 Å². The van der Waals surface area contributed by atoms with Crippen molar-refractivity contribution in [2.24, 2.45) is 0 Å². The molecule has 0 aliphatic heterocycles. The average molecular weight is 466 g/mol. The van der Waals surface area contributed by atoms with Crippen molar-refractivity contribution < 1.29 is 19.0 Å². The van der Waals surface area contributed by atoms with E-state index >= 15 is 0 Å². The second-order valence-corrected chi connectivity index (χ2v) is 8.25. The van der Waals surface area contributed by atoms with Gasteiger partial charge >= 0.3 is 0 Å². The summed E-state index contributed by atoms with van der Waals surface area (Å²) in [7, 11) is 4.74. The molecule has 8 nitrogen and oxygen atoms in total. The highest BCUT2D eigenvalue weighted by Crippen LogP contribution is 2.31. The summed E-state index contributed by atoms with van der Waals surface area (Å²) in [6.07, 6.45) is 1.41. The third-order valence-corrected chi connectivity index (χ3v) is 6.29. The fraction of sp³-hybridized carbons (Fsp3) is 0.208. The normalized spacial score (nSPS) is 10.8. The lowest BCUT2D eigenvalue weighted by atomic mass is 10.2. The van der Waals surface area contributed by atoms with Gasteiger partial charge in [0.25, 0.3) is 5.56 Å². The highest BCUT2D eigenvalue weighted by molar-refractivity contribution is 7.22. The first-order valence-corrected chi connectivity index (χ1v) is 10.9. The summed E-state index contributed by atoms with van der Waals surface area (Å²) >= 11 is 1.36. The minimum atomic E-state index is -0.292. The van der Waals surface area contributed by atoms with Gasteiger partial charge in [-0.05, 0) is 53.6 Å². The molecule has 0 spiro atoms. The quantitative estimate of drug-likeness (QED) is 0.429. The van der Waals surface area contributed by atoms with Gasteiger partial charge in [-0.1, -0.05) is 6.07 Å². The summed E-state index contributed by atoms with van der Waals surface area (Å²) in [4.78, 5) is 30.7. The van der Waals surface area contributed by atoms with E-state index in [0.29, 0.717) is 28.3 Å². The topological polar surface area (TPSA) is 91.7 Å². The molecule has 2 heterocycles. The Labute approximate surface area is 194 Å². The summed E-state index contributed by atoms with van der Waals surface area (Å²) in [5, 5.41) is 2.82. The van der Waals surface area contributed by atoms with Crippen LogP contribution >= 0.6 is 11.3 Å². The lowest BCUT2D eigenvalue weighted by Crippen LogP contribution is -2.31. The van der Waals surface area contributed by atoms with E-state index < -0.39 is 0 Å². The van der Waals surface area contributed by atoms with Gasteiger partial charge in [-0.3, -0.25) is 14.2 Å². The number of fused-ring (bicyclic) bond motifs is 1. The summed E-state index contributed by atoms with van der Waals surface area (Å²) in [5.41, 5.74) is 2.19. The molecular formula is C24H23N3O5S. The maximum Gasteiger partial charge on any atom is 0.271 e. The van der Waals surface area contributed by atoms with E-state index in [1.807, 2.05) is 36.4 Å². The molecule has 0 unspecified atom stereocenters. The van der Waals surface area contributed by atoms with Gasteiger partial charge in [0.1, 0.15) is 17.0 Å². The van der Waals surface area contributed by atoms with Crippen molar-refractivity contribution in [1.29, 1.82) is 0 Å². The molecule has 1 amide bonds. The molecule has 0 saturated carbocycles. The van der Waals surface area contributed by atoms with Gasteiger partial charge in [0.05, 0.1) is 33.2 Å². The fourth-order valence-electron chi connectivity index (χ4n) is 3.36. The van der Waals surface area contributed by atoms with Crippen molar-refractivity contribution >= 4 is 27.5 Å². The molecule has 2 aromatic carbocycles. The van der Waals surface area contributed by atoms with Crippen molar-refractivity contribution in [2.75, 3.05) is 21.3 Å². The highest BCUT2D eigenvalue weighted by Gasteiger charge is 2.13. The number of hydrogen-bond acceptors (Lipinski definition) is 7.